The van der Waals surface area contributed by atoms with Crippen molar-refractivity contribution in [3.05, 3.63) is 15.6 Å². The van der Waals surface area contributed by atoms with Gasteiger partial charge in [0.05, 0.1) is 4.88 Å². The summed E-state index contributed by atoms with van der Waals surface area (Å²) in [5, 5.41) is 1.28. The molecule has 76 valence electrons. The number of hydrogen-bond donors (Lipinski definition) is 0. The van der Waals surface area contributed by atoms with E-state index in [0.29, 0.717) is 10.7 Å². The van der Waals surface area contributed by atoms with Crippen molar-refractivity contribution in [3.63, 3.8) is 0 Å². The van der Waals surface area contributed by atoms with Crippen LogP contribution in [0.2, 0.25) is 5.15 Å². The molecule has 0 saturated carbocycles. The van der Waals surface area contributed by atoms with Gasteiger partial charge in [-0.05, 0) is 18.6 Å². The Morgan fingerprint density at radius 3 is 2.64 bits per heavy atom. The lowest BCUT2D eigenvalue weighted by atomic mass is 10.3. The number of hydrogen-bond acceptors (Lipinski definition) is 4. The minimum Gasteiger partial charge on any atom is -0.354 e. The fourth-order valence-electron chi connectivity index (χ4n) is 0.823. The number of halogens is 1. The number of anilines is 1. The quantitative estimate of drug-likeness (QED) is 0.591. The molecule has 0 bridgehead atoms. The Kier molecular flexibility index (Phi) is 3.66. The van der Waals surface area contributed by atoms with Crippen molar-refractivity contribution in [1.29, 1.82) is 0 Å². The highest BCUT2D eigenvalue weighted by atomic mass is 35.5. The van der Waals surface area contributed by atoms with Gasteiger partial charge in [-0.15, -0.1) is 0 Å². The third kappa shape index (κ3) is 2.56. The molecular weight excluding hydrogens is 220 g/mol. The van der Waals surface area contributed by atoms with Crippen molar-refractivity contribution in [1.82, 2.24) is 4.98 Å². The van der Waals surface area contributed by atoms with Gasteiger partial charge in [0.2, 0.25) is 0 Å². The minimum absolute atomic E-state index is 0.444. The Balaban J connectivity index is 3.04. The number of carbonyl (C=O) groups excluding carboxylic acids is 1. The van der Waals surface area contributed by atoms with E-state index < -0.39 is 0 Å². The zero-order valence-electron chi connectivity index (χ0n) is 8.24. The van der Waals surface area contributed by atoms with Gasteiger partial charge in [-0.3, -0.25) is 4.79 Å². The molecule has 0 atom stereocenters. The van der Waals surface area contributed by atoms with E-state index in [1.807, 2.05) is 19.0 Å². The van der Waals surface area contributed by atoms with Gasteiger partial charge in [-0.1, -0.05) is 22.9 Å². The molecule has 1 rings (SSSR count). The minimum atomic E-state index is 0.444. The fraction of sp³-hybridized carbons (Fsp3) is 0.333. The fourth-order valence-corrected chi connectivity index (χ4v) is 2.01. The number of aldehydes is 1. The average Bonchev–Trinajstić information content (AvgIpc) is 2.48. The molecule has 0 aliphatic heterocycles. The van der Waals surface area contributed by atoms with Crippen molar-refractivity contribution in [2.75, 3.05) is 19.0 Å². The topological polar surface area (TPSA) is 33.2 Å². The molecule has 3 nitrogen and oxygen atoms in total. The Morgan fingerprint density at radius 2 is 2.21 bits per heavy atom. The van der Waals surface area contributed by atoms with Crippen LogP contribution in [0.5, 0.6) is 0 Å². The van der Waals surface area contributed by atoms with Crippen molar-refractivity contribution < 1.29 is 4.79 Å². The number of nitrogens with zero attached hydrogens (tertiary/aromatic N) is 2. The molecule has 0 fully saturated rings. The molecule has 0 saturated heterocycles. The van der Waals surface area contributed by atoms with Gasteiger partial charge in [-0.25, -0.2) is 4.98 Å². The first-order valence-corrected chi connectivity index (χ1v) is 5.21. The van der Waals surface area contributed by atoms with Gasteiger partial charge in [0.15, 0.2) is 5.13 Å². The number of aromatic nitrogens is 1. The van der Waals surface area contributed by atoms with E-state index in [1.54, 1.807) is 13.0 Å². The van der Waals surface area contributed by atoms with E-state index in [0.717, 1.165) is 16.3 Å². The predicted octanol–water partition coefficient (Wildman–Crippen LogP) is 2.46. The van der Waals surface area contributed by atoms with Gasteiger partial charge >= 0.3 is 0 Å². The zero-order valence-corrected chi connectivity index (χ0v) is 9.82. The van der Waals surface area contributed by atoms with Crippen LogP contribution in [0.1, 0.15) is 11.8 Å². The third-order valence-electron chi connectivity index (χ3n) is 1.53. The van der Waals surface area contributed by atoms with Crippen LogP contribution in [0.25, 0.3) is 6.08 Å². The number of thiazole rings is 1. The van der Waals surface area contributed by atoms with Gasteiger partial charge in [0.1, 0.15) is 11.4 Å². The Morgan fingerprint density at radius 1 is 1.57 bits per heavy atom. The van der Waals surface area contributed by atoms with Crippen molar-refractivity contribution in [2.45, 2.75) is 6.92 Å². The highest BCUT2D eigenvalue weighted by Gasteiger charge is 2.08. The average molecular weight is 231 g/mol. The van der Waals surface area contributed by atoms with Gasteiger partial charge in [0, 0.05) is 14.1 Å². The summed E-state index contributed by atoms with van der Waals surface area (Å²) in [5.41, 5.74) is 0.640. The van der Waals surface area contributed by atoms with Crippen molar-refractivity contribution >= 4 is 40.4 Å². The van der Waals surface area contributed by atoms with Gasteiger partial charge in [-0.2, -0.15) is 0 Å². The lowest BCUT2D eigenvalue weighted by Gasteiger charge is -2.04. The lowest BCUT2D eigenvalue weighted by molar-refractivity contribution is -0.104. The first-order valence-electron chi connectivity index (χ1n) is 4.01. The monoisotopic (exact) mass is 230 g/mol. The summed E-state index contributed by atoms with van der Waals surface area (Å²) in [6.07, 6.45) is 2.53. The van der Waals surface area contributed by atoms with Crippen LogP contribution < -0.4 is 4.90 Å². The molecule has 0 radical (unpaired) electrons. The maximum Gasteiger partial charge on any atom is 0.186 e. The number of rotatable bonds is 3. The van der Waals surface area contributed by atoms with E-state index in [1.165, 1.54) is 11.3 Å². The van der Waals surface area contributed by atoms with Gasteiger partial charge in [0.25, 0.3) is 0 Å². The molecule has 0 spiro atoms. The van der Waals surface area contributed by atoms with Crippen LogP contribution in [0, 0.1) is 0 Å². The SMILES string of the molecule is C/C(C=O)=C/c1sc(N(C)C)nc1Cl. The molecule has 0 unspecified atom stereocenters. The standard InChI is InChI=1S/C9H11ClN2OS/c1-6(5-13)4-7-8(10)11-9(14-7)12(2)3/h4-5H,1-3H3/b6-4-. The molecule has 0 aromatic carbocycles. The van der Waals surface area contributed by atoms with E-state index in [2.05, 4.69) is 4.98 Å². The second-order valence-corrected chi connectivity index (χ2v) is 4.42. The molecule has 0 aliphatic carbocycles. The van der Waals surface area contributed by atoms with Crippen molar-refractivity contribution in [2.24, 2.45) is 0 Å². The summed E-state index contributed by atoms with van der Waals surface area (Å²) >= 11 is 7.36. The molecule has 0 amide bonds. The highest BCUT2D eigenvalue weighted by Crippen LogP contribution is 2.30. The first kappa shape index (κ1) is 11.2. The van der Waals surface area contributed by atoms with E-state index in [4.69, 9.17) is 11.6 Å². The van der Waals surface area contributed by atoms with Crippen LogP contribution in [-0.4, -0.2) is 25.4 Å². The summed E-state index contributed by atoms with van der Waals surface area (Å²) in [7, 11) is 3.80. The maximum atomic E-state index is 10.4. The van der Waals surface area contributed by atoms with Crippen LogP contribution >= 0.6 is 22.9 Å². The second kappa shape index (κ2) is 4.57. The second-order valence-electron chi connectivity index (χ2n) is 3.05. The van der Waals surface area contributed by atoms with Crippen LogP contribution in [0.3, 0.4) is 0 Å². The van der Waals surface area contributed by atoms with Crippen LogP contribution in [-0.2, 0) is 4.79 Å². The predicted molar refractivity (Wildman–Crippen MR) is 61.2 cm³/mol. The maximum absolute atomic E-state index is 10.4. The smallest absolute Gasteiger partial charge is 0.186 e. The van der Waals surface area contributed by atoms with E-state index >= 15 is 0 Å². The molecule has 0 aliphatic rings. The Labute approximate surface area is 92.0 Å². The zero-order chi connectivity index (χ0) is 10.7. The van der Waals surface area contributed by atoms with Crippen LogP contribution in [0.4, 0.5) is 5.13 Å². The molecule has 1 aromatic heterocycles. The largest absolute Gasteiger partial charge is 0.354 e. The number of carbonyl (C=O) groups is 1. The number of allylic oxidation sites excluding steroid dienone is 1. The molecule has 5 heteroatoms. The third-order valence-corrected chi connectivity index (χ3v) is 3.10. The van der Waals surface area contributed by atoms with Crippen molar-refractivity contribution in [3.8, 4) is 0 Å². The highest BCUT2D eigenvalue weighted by molar-refractivity contribution is 7.17. The van der Waals surface area contributed by atoms with E-state index in [9.17, 15) is 4.79 Å². The normalized spacial score (nSPS) is 11.6. The van der Waals surface area contributed by atoms with E-state index in [-0.39, 0.29) is 0 Å². The summed E-state index contributed by atoms with van der Waals surface area (Å²) in [6.45, 7) is 1.73. The molecule has 1 heterocycles. The summed E-state index contributed by atoms with van der Waals surface area (Å²) < 4.78 is 0. The summed E-state index contributed by atoms with van der Waals surface area (Å²) in [5.74, 6) is 0. The summed E-state index contributed by atoms with van der Waals surface area (Å²) in [4.78, 5) is 17.3. The molecule has 1 aromatic rings. The Hall–Kier alpha value is -0.870. The molecule has 0 N–H and O–H groups in total. The molecular formula is C9H11ClN2OS. The lowest BCUT2D eigenvalue weighted by Crippen LogP contribution is -2.07. The first-order chi connectivity index (χ1) is 6.54. The van der Waals surface area contributed by atoms with Gasteiger partial charge < -0.3 is 4.90 Å². The Bertz CT molecular complexity index is 371. The molecule has 14 heavy (non-hydrogen) atoms. The van der Waals surface area contributed by atoms with Crippen LogP contribution in [0.15, 0.2) is 5.57 Å². The summed E-state index contributed by atoms with van der Waals surface area (Å²) in [6, 6.07) is 0.